The van der Waals surface area contributed by atoms with Crippen molar-refractivity contribution in [1.82, 2.24) is 9.88 Å². The number of amides is 1. The highest BCUT2D eigenvalue weighted by Crippen LogP contribution is 2.35. The Balaban J connectivity index is 1.92. The zero-order chi connectivity index (χ0) is 18.9. The quantitative estimate of drug-likeness (QED) is 0.909. The van der Waals surface area contributed by atoms with Crippen molar-refractivity contribution in [2.75, 3.05) is 13.1 Å². The maximum absolute atomic E-state index is 13.1. The highest BCUT2D eigenvalue weighted by atomic mass is 19.4. The summed E-state index contributed by atoms with van der Waals surface area (Å²) in [5, 5.41) is 9.47. The predicted octanol–water partition coefficient (Wildman–Crippen LogP) is 3.04. The standard InChI is InChI=1S/C18H15F3N2O3/c19-18(20,21)15-12(7-4-8-22-15)16(24)23-9-13(14(10-23)17(25)26)11-5-2-1-3-6-11/h1-8,13-14H,9-10H2,(H,25,26)/t13-,14-/m1/s1. The van der Waals surface area contributed by atoms with Crippen LogP contribution in [0.25, 0.3) is 0 Å². The van der Waals surface area contributed by atoms with Gasteiger partial charge in [0.2, 0.25) is 0 Å². The molecule has 1 aromatic heterocycles. The molecule has 0 unspecified atom stereocenters. The predicted molar refractivity (Wildman–Crippen MR) is 85.5 cm³/mol. The van der Waals surface area contributed by atoms with E-state index in [1.807, 2.05) is 0 Å². The molecule has 2 aromatic rings. The van der Waals surface area contributed by atoms with Gasteiger partial charge in [-0.15, -0.1) is 0 Å². The van der Waals surface area contributed by atoms with Crippen LogP contribution in [0.15, 0.2) is 48.7 Å². The lowest BCUT2D eigenvalue weighted by Gasteiger charge is -2.19. The van der Waals surface area contributed by atoms with Gasteiger partial charge < -0.3 is 10.0 Å². The molecule has 0 spiro atoms. The van der Waals surface area contributed by atoms with Crippen LogP contribution >= 0.6 is 0 Å². The first-order chi connectivity index (χ1) is 12.3. The number of hydrogen-bond donors (Lipinski definition) is 1. The number of rotatable bonds is 3. The number of carbonyl (C=O) groups is 2. The summed E-state index contributed by atoms with van der Waals surface area (Å²) >= 11 is 0. The van der Waals surface area contributed by atoms with Gasteiger partial charge in [0.1, 0.15) is 0 Å². The van der Waals surface area contributed by atoms with Crippen molar-refractivity contribution in [3.63, 3.8) is 0 Å². The highest BCUT2D eigenvalue weighted by Gasteiger charge is 2.43. The van der Waals surface area contributed by atoms with E-state index in [1.54, 1.807) is 30.3 Å². The zero-order valence-electron chi connectivity index (χ0n) is 13.5. The number of hydrogen-bond acceptors (Lipinski definition) is 3. The SMILES string of the molecule is O=C(O)[C@@H]1CN(C(=O)c2cccnc2C(F)(F)F)C[C@@H]1c1ccccc1. The molecule has 8 heteroatoms. The summed E-state index contributed by atoms with van der Waals surface area (Å²) in [7, 11) is 0. The Morgan fingerprint density at radius 1 is 1.08 bits per heavy atom. The van der Waals surface area contributed by atoms with E-state index >= 15 is 0 Å². The van der Waals surface area contributed by atoms with Crippen LogP contribution in [0.4, 0.5) is 13.2 Å². The maximum Gasteiger partial charge on any atom is 0.434 e. The third-order valence-electron chi connectivity index (χ3n) is 4.46. The minimum Gasteiger partial charge on any atom is -0.481 e. The van der Waals surface area contributed by atoms with Gasteiger partial charge in [0.25, 0.3) is 5.91 Å². The molecule has 2 heterocycles. The third kappa shape index (κ3) is 3.40. The van der Waals surface area contributed by atoms with E-state index in [0.29, 0.717) is 0 Å². The molecule has 1 fully saturated rings. The Morgan fingerprint density at radius 2 is 1.77 bits per heavy atom. The van der Waals surface area contributed by atoms with Crippen molar-refractivity contribution in [3.05, 3.63) is 65.5 Å². The molecule has 136 valence electrons. The average molecular weight is 364 g/mol. The number of pyridine rings is 1. The van der Waals surface area contributed by atoms with Gasteiger partial charge in [0.05, 0.1) is 11.5 Å². The average Bonchev–Trinajstić information content (AvgIpc) is 3.07. The summed E-state index contributed by atoms with van der Waals surface area (Å²) in [5.41, 5.74) is -1.10. The first kappa shape index (κ1) is 17.9. The smallest absolute Gasteiger partial charge is 0.434 e. The van der Waals surface area contributed by atoms with Crippen molar-refractivity contribution in [2.45, 2.75) is 12.1 Å². The summed E-state index contributed by atoms with van der Waals surface area (Å²) in [6.45, 7) is -0.119. The van der Waals surface area contributed by atoms with Crippen molar-refractivity contribution in [2.24, 2.45) is 5.92 Å². The molecule has 1 aliphatic heterocycles. The lowest BCUT2D eigenvalue weighted by molar-refractivity contribution is -0.142. The van der Waals surface area contributed by atoms with E-state index in [4.69, 9.17) is 0 Å². The topological polar surface area (TPSA) is 70.5 Å². The Labute approximate surface area is 147 Å². The van der Waals surface area contributed by atoms with Gasteiger partial charge in [-0.05, 0) is 17.7 Å². The molecule has 1 aromatic carbocycles. The van der Waals surface area contributed by atoms with Gasteiger partial charge in [-0.1, -0.05) is 30.3 Å². The van der Waals surface area contributed by atoms with Crippen LogP contribution in [0, 0.1) is 5.92 Å². The molecular weight excluding hydrogens is 349 g/mol. The Hall–Kier alpha value is -2.90. The number of carbonyl (C=O) groups excluding carboxylic acids is 1. The molecule has 0 aliphatic carbocycles. The normalized spacial score (nSPS) is 20.2. The second kappa shape index (κ2) is 6.78. The van der Waals surface area contributed by atoms with E-state index in [-0.39, 0.29) is 13.1 Å². The van der Waals surface area contributed by atoms with E-state index in [2.05, 4.69) is 4.98 Å². The number of carboxylic acid groups (broad SMARTS) is 1. The summed E-state index contributed by atoms with van der Waals surface area (Å²) in [6.07, 6.45) is -3.80. The third-order valence-corrected chi connectivity index (χ3v) is 4.46. The second-order valence-corrected chi connectivity index (χ2v) is 6.07. The van der Waals surface area contributed by atoms with Gasteiger partial charge in [0.15, 0.2) is 5.69 Å². The molecule has 2 atom stereocenters. The number of likely N-dealkylation sites (tertiary alicyclic amines) is 1. The first-order valence-electron chi connectivity index (χ1n) is 7.88. The highest BCUT2D eigenvalue weighted by molar-refractivity contribution is 5.96. The Morgan fingerprint density at radius 3 is 2.38 bits per heavy atom. The summed E-state index contributed by atoms with van der Waals surface area (Å²) in [6, 6.07) is 11.1. The van der Waals surface area contributed by atoms with Crippen molar-refractivity contribution < 1.29 is 27.9 Å². The first-order valence-corrected chi connectivity index (χ1v) is 7.88. The molecule has 1 N–H and O–H groups in total. The van der Waals surface area contributed by atoms with Gasteiger partial charge in [-0.2, -0.15) is 13.2 Å². The van der Waals surface area contributed by atoms with Crippen LogP contribution < -0.4 is 0 Å². The molecular formula is C18H15F3N2O3. The molecule has 0 saturated carbocycles. The van der Waals surface area contributed by atoms with E-state index in [1.165, 1.54) is 6.07 Å². The van der Waals surface area contributed by atoms with Crippen LogP contribution in [0.2, 0.25) is 0 Å². The molecule has 0 bridgehead atoms. The van der Waals surface area contributed by atoms with E-state index in [0.717, 1.165) is 22.7 Å². The number of nitrogens with zero attached hydrogens (tertiary/aromatic N) is 2. The minimum atomic E-state index is -4.77. The summed E-state index contributed by atoms with van der Waals surface area (Å²) in [4.78, 5) is 28.7. The number of halogens is 3. The lowest BCUT2D eigenvalue weighted by atomic mass is 9.89. The summed E-state index contributed by atoms with van der Waals surface area (Å²) in [5.74, 6) is -3.32. The molecule has 1 saturated heterocycles. The van der Waals surface area contributed by atoms with Gasteiger partial charge in [-0.25, -0.2) is 0 Å². The number of benzene rings is 1. The molecule has 3 rings (SSSR count). The fourth-order valence-electron chi connectivity index (χ4n) is 3.23. The van der Waals surface area contributed by atoms with Crippen LogP contribution in [0.5, 0.6) is 0 Å². The van der Waals surface area contributed by atoms with E-state index in [9.17, 15) is 27.9 Å². The van der Waals surface area contributed by atoms with Gasteiger partial charge in [-0.3, -0.25) is 14.6 Å². The van der Waals surface area contributed by atoms with Crippen LogP contribution in [-0.2, 0) is 11.0 Å². The molecule has 1 amide bonds. The molecule has 26 heavy (non-hydrogen) atoms. The van der Waals surface area contributed by atoms with Gasteiger partial charge in [0, 0.05) is 25.2 Å². The lowest BCUT2D eigenvalue weighted by Crippen LogP contribution is -2.32. The fourth-order valence-corrected chi connectivity index (χ4v) is 3.23. The number of aliphatic carboxylic acids is 1. The van der Waals surface area contributed by atoms with E-state index < -0.39 is 41.1 Å². The van der Waals surface area contributed by atoms with Crippen molar-refractivity contribution in [1.29, 1.82) is 0 Å². The monoisotopic (exact) mass is 364 g/mol. The van der Waals surface area contributed by atoms with Gasteiger partial charge >= 0.3 is 12.1 Å². The largest absolute Gasteiger partial charge is 0.481 e. The Kier molecular flexibility index (Phi) is 4.67. The van der Waals surface area contributed by atoms with Crippen LogP contribution in [-0.4, -0.2) is 40.0 Å². The zero-order valence-corrected chi connectivity index (χ0v) is 13.5. The van der Waals surface area contributed by atoms with Crippen LogP contribution in [0.1, 0.15) is 27.5 Å². The Bertz CT molecular complexity index is 824. The molecule has 1 aliphatic rings. The maximum atomic E-state index is 13.1. The number of carboxylic acids is 1. The van der Waals surface area contributed by atoms with Crippen molar-refractivity contribution in [3.8, 4) is 0 Å². The minimum absolute atomic E-state index is 0.0337. The number of alkyl halides is 3. The molecule has 5 nitrogen and oxygen atoms in total. The fraction of sp³-hybridized carbons (Fsp3) is 0.278. The van der Waals surface area contributed by atoms with Crippen LogP contribution in [0.3, 0.4) is 0 Å². The second-order valence-electron chi connectivity index (χ2n) is 6.07. The number of aromatic nitrogens is 1. The molecule has 0 radical (unpaired) electrons. The summed E-state index contributed by atoms with van der Waals surface area (Å²) < 4.78 is 39.3. The van der Waals surface area contributed by atoms with Crippen molar-refractivity contribution >= 4 is 11.9 Å².